The zero-order valence-electron chi connectivity index (χ0n) is 6.86. The minimum atomic E-state index is -4.20. The number of hydrogen-bond donors (Lipinski definition) is 3. The van der Waals surface area contributed by atoms with Crippen molar-refractivity contribution in [2.75, 3.05) is 0 Å². The summed E-state index contributed by atoms with van der Waals surface area (Å²) in [6.45, 7) is 0. The normalized spacial score (nSPS) is 13.9. The third kappa shape index (κ3) is 2.69. The number of rotatable bonds is 3. The molecule has 7 heteroatoms. The molecule has 0 bridgehead atoms. The molecule has 0 amide bonds. The highest BCUT2D eigenvalue weighted by molar-refractivity contribution is 7.93. The molecule has 0 aliphatic rings. The van der Waals surface area contributed by atoms with Gasteiger partial charge >= 0.3 is 0 Å². The fraction of sp³-hybridized carbons (Fsp3) is 0.143. The summed E-state index contributed by atoms with van der Waals surface area (Å²) in [5, 5.41) is 9.12. The maximum Gasteiger partial charge on any atom is 0.294 e. The lowest BCUT2D eigenvalue weighted by Gasteiger charge is -2.05. The summed E-state index contributed by atoms with van der Waals surface area (Å²) < 4.78 is 38.4. The van der Waals surface area contributed by atoms with Gasteiger partial charge in [-0.15, -0.1) is 0 Å². The SMILES string of the molecule is O=S(=O)(O)c1ccc(C(O)SO)cc1. The molecule has 1 aromatic carbocycles. The van der Waals surface area contributed by atoms with E-state index >= 15 is 0 Å². The Balaban J connectivity index is 3.01. The molecule has 14 heavy (non-hydrogen) atoms. The van der Waals surface area contributed by atoms with E-state index in [2.05, 4.69) is 0 Å². The number of benzene rings is 1. The molecule has 78 valence electrons. The Hall–Kier alpha value is -0.600. The van der Waals surface area contributed by atoms with Gasteiger partial charge in [0.15, 0.2) is 0 Å². The molecule has 1 aromatic rings. The van der Waals surface area contributed by atoms with Gasteiger partial charge in [0.25, 0.3) is 10.1 Å². The molecule has 0 aromatic heterocycles. The van der Waals surface area contributed by atoms with Crippen molar-refractivity contribution in [1.82, 2.24) is 0 Å². The molecule has 0 saturated carbocycles. The molecule has 0 aliphatic heterocycles. The van der Waals surface area contributed by atoms with Crippen molar-refractivity contribution in [2.45, 2.75) is 10.3 Å². The first-order valence-electron chi connectivity index (χ1n) is 3.51. The van der Waals surface area contributed by atoms with Crippen LogP contribution in [-0.2, 0) is 10.1 Å². The van der Waals surface area contributed by atoms with Crippen molar-refractivity contribution in [2.24, 2.45) is 0 Å². The summed E-state index contributed by atoms with van der Waals surface area (Å²) >= 11 is 0.235. The molecule has 0 heterocycles. The standard InChI is InChI=1S/C7H8O5S2/c8-7(13-9)5-1-3-6(4-2-5)14(10,11)12/h1-4,7-9H,(H,10,11,12). The van der Waals surface area contributed by atoms with Gasteiger partial charge in [-0.2, -0.15) is 8.42 Å². The second-order valence-corrected chi connectivity index (χ2v) is 4.58. The Bertz CT molecular complexity index is 397. The molecule has 3 N–H and O–H groups in total. The summed E-state index contributed by atoms with van der Waals surface area (Å²) in [6.07, 6.45) is 0. The van der Waals surface area contributed by atoms with Gasteiger partial charge in [0.1, 0.15) is 5.44 Å². The lowest BCUT2D eigenvalue weighted by molar-refractivity contribution is 0.262. The van der Waals surface area contributed by atoms with Crippen molar-refractivity contribution in [1.29, 1.82) is 0 Å². The van der Waals surface area contributed by atoms with Gasteiger partial charge in [-0.25, -0.2) is 0 Å². The van der Waals surface area contributed by atoms with Gasteiger partial charge in [0.2, 0.25) is 0 Å². The van der Waals surface area contributed by atoms with E-state index in [1.54, 1.807) is 0 Å². The monoisotopic (exact) mass is 236 g/mol. The van der Waals surface area contributed by atoms with E-state index < -0.39 is 15.6 Å². The third-order valence-corrected chi connectivity index (χ3v) is 2.90. The molecule has 0 aliphatic carbocycles. The minimum Gasteiger partial charge on any atom is -0.376 e. The Kier molecular flexibility index (Phi) is 3.51. The zero-order valence-corrected chi connectivity index (χ0v) is 8.49. The second kappa shape index (κ2) is 4.28. The Morgan fingerprint density at radius 1 is 1.21 bits per heavy atom. The number of aliphatic hydroxyl groups is 1. The first kappa shape index (κ1) is 11.5. The fourth-order valence-electron chi connectivity index (χ4n) is 0.865. The molecule has 1 rings (SSSR count). The van der Waals surface area contributed by atoms with E-state index in [1.165, 1.54) is 12.1 Å². The van der Waals surface area contributed by atoms with E-state index in [0.717, 1.165) is 12.1 Å². The molecule has 0 saturated heterocycles. The fourth-order valence-corrected chi connectivity index (χ4v) is 1.62. The molecule has 1 unspecified atom stereocenters. The molecule has 0 spiro atoms. The van der Waals surface area contributed by atoms with E-state index in [0.29, 0.717) is 5.56 Å². The van der Waals surface area contributed by atoms with Crippen LogP contribution in [0.3, 0.4) is 0 Å². The second-order valence-electron chi connectivity index (χ2n) is 2.50. The van der Waals surface area contributed by atoms with Crippen molar-refractivity contribution in [3.63, 3.8) is 0 Å². The minimum absolute atomic E-state index is 0.235. The Morgan fingerprint density at radius 3 is 2.07 bits per heavy atom. The van der Waals surface area contributed by atoms with Crippen LogP contribution in [0.25, 0.3) is 0 Å². The van der Waals surface area contributed by atoms with Crippen LogP contribution >= 0.6 is 12.0 Å². The van der Waals surface area contributed by atoms with Gasteiger partial charge < -0.3 is 9.66 Å². The highest BCUT2D eigenvalue weighted by Crippen LogP contribution is 2.23. The Labute approximate surface area is 85.3 Å². The van der Waals surface area contributed by atoms with Gasteiger partial charge in [-0.05, 0) is 17.7 Å². The topological polar surface area (TPSA) is 94.8 Å². The Morgan fingerprint density at radius 2 is 1.71 bits per heavy atom. The highest BCUT2D eigenvalue weighted by atomic mass is 32.2. The zero-order chi connectivity index (χ0) is 10.8. The van der Waals surface area contributed by atoms with E-state index in [4.69, 9.17) is 14.2 Å². The van der Waals surface area contributed by atoms with Crippen molar-refractivity contribution >= 4 is 22.2 Å². The van der Waals surface area contributed by atoms with Gasteiger partial charge in [-0.3, -0.25) is 4.55 Å². The van der Waals surface area contributed by atoms with Gasteiger partial charge in [0, 0.05) is 12.0 Å². The van der Waals surface area contributed by atoms with Crippen molar-refractivity contribution in [3.8, 4) is 0 Å². The van der Waals surface area contributed by atoms with Crippen LogP contribution in [0.2, 0.25) is 0 Å². The van der Waals surface area contributed by atoms with Crippen LogP contribution in [0.5, 0.6) is 0 Å². The van der Waals surface area contributed by atoms with Crippen LogP contribution in [0, 0.1) is 0 Å². The predicted molar refractivity (Wildman–Crippen MR) is 51.4 cm³/mol. The van der Waals surface area contributed by atoms with Crippen molar-refractivity contribution < 1.29 is 22.6 Å². The average molecular weight is 236 g/mol. The van der Waals surface area contributed by atoms with Gasteiger partial charge in [0.05, 0.1) is 4.90 Å². The first-order valence-corrected chi connectivity index (χ1v) is 5.78. The van der Waals surface area contributed by atoms with Crippen LogP contribution < -0.4 is 0 Å². The van der Waals surface area contributed by atoms with Crippen LogP contribution in [0.15, 0.2) is 29.2 Å². The summed E-state index contributed by atoms with van der Waals surface area (Å²) in [7, 11) is -4.20. The van der Waals surface area contributed by atoms with E-state index in [9.17, 15) is 8.42 Å². The summed E-state index contributed by atoms with van der Waals surface area (Å²) in [4.78, 5) is -0.253. The summed E-state index contributed by atoms with van der Waals surface area (Å²) in [6, 6.07) is 4.89. The first-order chi connectivity index (χ1) is 6.45. The highest BCUT2D eigenvalue weighted by Gasteiger charge is 2.11. The largest absolute Gasteiger partial charge is 0.376 e. The predicted octanol–water partition coefficient (Wildman–Crippen LogP) is 1.13. The maximum atomic E-state index is 10.6. The smallest absolute Gasteiger partial charge is 0.294 e. The number of aliphatic hydroxyl groups excluding tert-OH is 1. The number of hydrogen-bond acceptors (Lipinski definition) is 5. The third-order valence-electron chi connectivity index (χ3n) is 1.56. The molecule has 0 fully saturated rings. The molecule has 5 nitrogen and oxygen atoms in total. The van der Waals surface area contributed by atoms with Crippen LogP contribution in [-0.4, -0.2) is 22.6 Å². The quantitative estimate of drug-likeness (QED) is 0.413. The summed E-state index contributed by atoms with van der Waals surface area (Å²) in [5.41, 5.74) is -0.768. The average Bonchev–Trinajstić information content (AvgIpc) is 2.15. The maximum absolute atomic E-state index is 10.6. The molecule has 1 atom stereocenters. The lowest BCUT2D eigenvalue weighted by Crippen LogP contribution is -1.98. The van der Waals surface area contributed by atoms with E-state index in [1.807, 2.05) is 0 Å². The van der Waals surface area contributed by atoms with Gasteiger partial charge in [-0.1, -0.05) is 12.1 Å². The summed E-state index contributed by atoms with van der Waals surface area (Å²) in [5.74, 6) is 0. The van der Waals surface area contributed by atoms with Crippen LogP contribution in [0.1, 0.15) is 11.0 Å². The molecular formula is C7H8O5S2. The van der Waals surface area contributed by atoms with Crippen LogP contribution in [0.4, 0.5) is 0 Å². The molecule has 0 radical (unpaired) electrons. The lowest BCUT2D eigenvalue weighted by atomic mass is 10.2. The van der Waals surface area contributed by atoms with E-state index in [-0.39, 0.29) is 16.9 Å². The van der Waals surface area contributed by atoms with Crippen molar-refractivity contribution in [3.05, 3.63) is 29.8 Å². The molecular weight excluding hydrogens is 228 g/mol.